The Hall–Kier alpha value is -1.59. The first-order valence-corrected chi connectivity index (χ1v) is 10.2. The Morgan fingerprint density at radius 1 is 1.08 bits per heavy atom. The summed E-state index contributed by atoms with van der Waals surface area (Å²) in [6.45, 7) is 1.87. The summed E-state index contributed by atoms with van der Waals surface area (Å²) in [5.41, 5.74) is 1.00. The highest BCUT2D eigenvalue weighted by atomic mass is 32.2. The molecule has 0 radical (unpaired) electrons. The molecule has 0 bridgehead atoms. The van der Waals surface area contributed by atoms with Crippen LogP contribution in [0.1, 0.15) is 24.8 Å². The van der Waals surface area contributed by atoms with Crippen LogP contribution in [0.2, 0.25) is 0 Å². The predicted octanol–water partition coefficient (Wildman–Crippen LogP) is 3.15. The van der Waals surface area contributed by atoms with Crippen molar-refractivity contribution in [3.8, 4) is 5.75 Å². The molecule has 5 heteroatoms. The first-order valence-electron chi connectivity index (χ1n) is 8.74. The highest BCUT2D eigenvalue weighted by molar-refractivity contribution is 7.89. The first-order chi connectivity index (χ1) is 11.6. The van der Waals surface area contributed by atoms with E-state index >= 15 is 0 Å². The fraction of sp³-hybridized carbons (Fsp3) is 0.474. The molecule has 1 fully saturated rings. The highest BCUT2D eigenvalue weighted by Gasteiger charge is 2.32. The van der Waals surface area contributed by atoms with E-state index < -0.39 is 10.0 Å². The molecule has 4 nitrogen and oxygen atoms in total. The normalized spacial score (nSPS) is 22.5. The van der Waals surface area contributed by atoms with Gasteiger partial charge < -0.3 is 4.74 Å². The van der Waals surface area contributed by atoms with E-state index in [1.54, 1.807) is 22.5 Å². The zero-order chi connectivity index (χ0) is 16.6. The van der Waals surface area contributed by atoms with Gasteiger partial charge in [0.15, 0.2) is 0 Å². The number of allylic oxidation sites excluding steroid dienone is 4. The maximum Gasteiger partial charge on any atom is 0.243 e. The summed E-state index contributed by atoms with van der Waals surface area (Å²) in [6, 6.07) is 5.26. The second kappa shape index (κ2) is 6.37. The second-order valence-corrected chi connectivity index (χ2v) is 8.72. The van der Waals surface area contributed by atoms with Crippen LogP contribution in [0.4, 0.5) is 0 Å². The number of piperidine rings is 1. The van der Waals surface area contributed by atoms with Gasteiger partial charge in [-0.25, -0.2) is 8.42 Å². The van der Waals surface area contributed by atoms with Crippen molar-refractivity contribution in [2.45, 2.75) is 30.6 Å². The quantitative estimate of drug-likeness (QED) is 0.791. The minimum atomic E-state index is -3.40. The molecule has 3 aliphatic rings. The van der Waals surface area contributed by atoms with Crippen LogP contribution < -0.4 is 4.74 Å². The van der Waals surface area contributed by atoms with Crippen molar-refractivity contribution in [1.82, 2.24) is 4.31 Å². The third-order valence-corrected chi connectivity index (χ3v) is 7.23. The molecular formula is C19H23NO3S. The summed E-state index contributed by atoms with van der Waals surface area (Å²) in [4.78, 5) is 0.405. The predicted molar refractivity (Wildman–Crippen MR) is 93.5 cm³/mol. The van der Waals surface area contributed by atoms with Gasteiger partial charge in [0.05, 0.1) is 11.5 Å². The minimum Gasteiger partial charge on any atom is -0.493 e. The maximum absolute atomic E-state index is 12.9. The number of benzene rings is 1. The van der Waals surface area contributed by atoms with Crippen LogP contribution in [0.15, 0.2) is 47.4 Å². The lowest BCUT2D eigenvalue weighted by molar-refractivity contribution is 0.250. The topological polar surface area (TPSA) is 46.6 Å². The van der Waals surface area contributed by atoms with Crippen molar-refractivity contribution in [2.75, 3.05) is 19.7 Å². The van der Waals surface area contributed by atoms with E-state index in [-0.39, 0.29) is 0 Å². The number of hydrogen-bond acceptors (Lipinski definition) is 3. The standard InChI is InChI=1S/C19H23NO3S/c21-24(22,18-6-7-19-17(14-18)10-13-23-19)20-11-8-16(9-12-20)15-4-2-1-3-5-15/h2-7,14-16H,1,8-13H2. The van der Waals surface area contributed by atoms with E-state index in [2.05, 4.69) is 24.3 Å². The molecule has 1 saturated heterocycles. The molecule has 24 heavy (non-hydrogen) atoms. The van der Waals surface area contributed by atoms with Gasteiger partial charge in [0, 0.05) is 19.5 Å². The Balaban J connectivity index is 1.47. The Morgan fingerprint density at radius 2 is 1.83 bits per heavy atom. The molecule has 0 saturated carbocycles. The summed E-state index contributed by atoms with van der Waals surface area (Å²) in [5.74, 6) is 1.85. The molecule has 2 aliphatic heterocycles. The van der Waals surface area contributed by atoms with Gasteiger partial charge in [-0.2, -0.15) is 4.31 Å². The van der Waals surface area contributed by atoms with Crippen molar-refractivity contribution in [3.05, 3.63) is 48.1 Å². The molecular weight excluding hydrogens is 322 g/mol. The third kappa shape index (κ3) is 2.91. The fourth-order valence-corrected chi connectivity index (χ4v) is 5.42. The molecule has 0 N–H and O–H groups in total. The lowest BCUT2D eigenvalue weighted by Gasteiger charge is -2.34. The molecule has 2 heterocycles. The largest absolute Gasteiger partial charge is 0.493 e. The molecule has 0 atom stereocenters. The molecule has 4 rings (SSSR count). The Kier molecular flexibility index (Phi) is 4.22. The van der Waals surface area contributed by atoms with Gasteiger partial charge in [-0.05, 0) is 54.9 Å². The lowest BCUT2D eigenvalue weighted by atomic mass is 9.83. The molecule has 128 valence electrons. The van der Waals surface area contributed by atoms with Gasteiger partial charge in [0.25, 0.3) is 0 Å². The van der Waals surface area contributed by atoms with E-state index in [4.69, 9.17) is 4.74 Å². The molecule has 1 aliphatic carbocycles. The molecule has 1 aromatic carbocycles. The van der Waals surface area contributed by atoms with Gasteiger partial charge in [0.1, 0.15) is 5.75 Å². The van der Waals surface area contributed by atoms with Gasteiger partial charge in [0.2, 0.25) is 10.0 Å². The number of sulfonamides is 1. The Labute approximate surface area is 143 Å². The van der Waals surface area contributed by atoms with Gasteiger partial charge in [-0.3, -0.25) is 0 Å². The van der Waals surface area contributed by atoms with Crippen molar-refractivity contribution in [3.63, 3.8) is 0 Å². The second-order valence-electron chi connectivity index (χ2n) is 6.78. The van der Waals surface area contributed by atoms with E-state index in [9.17, 15) is 8.42 Å². The van der Waals surface area contributed by atoms with Crippen LogP contribution in [0.5, 0.6) is 5.75 Å². The van der Waals surface area contributed by atoms with Crippen LogP contribution in [0, 0.1) is 11.8 Å². The van der Waals surface area contributed by atoms with Crippen molar-refractivity contribution < 1.29 is 13.2 Å². The molecule has 0 spiro atoms. The van der Waals surface area contributed by atoms with E-state index in [0.717, 1.165) is 37.0 Å². The Morgan fingerprint density at radius 3 is 2.58 bits per heavy atom. The van der Waals surface area contributed by atoms with Crippen LogP contribution in [0.25, 0.3) is 0 Å². The van der Waals surface area contributed by atoms with Crippen molar-refractivity contribution in [2.24, 2.45) is 11.8 Å². The summed E-state index contributed by atoms with van der Waals surface area (Å²) < 4.78 is 33.0. The maximum atomic E-state index is 12.9. The average Bonchev–Trinajstić information content (AvgIpc) is 3.10. The van der Waals surface area contributed by atoms with Gasteiger partial charge >= 0.3 is 0 Å². The average molecular weight is 345 g/mol. The number of hydrogen-bond donors (Lipinski definition) is 0. The number of nitrogens with zero attached hydrogens (tertiary/aromatic N) is 1. The first kappa shape index (κ1) is 15.9. The number of fused-ring (bicyclic) bond motifs is 1. The van der Waals surface area contributed by atoms with E-state index in [1.807, 2.05) is 0 Å². The zero-order valence-electron chi connectivity index (χ0n) is 13.7. The van der Waals surface area contributed by atoms with E-state index in [0.29, 0.717) is 36.4 Å². The summed E-state index contributed by atoms with van der Waals surface area (Å²) >= 11 is 0. The van der Waals surface area contributed by atoms with Gasteiger partial charge in [-0.15, -0.1) is 0 Å². The minimum absolute atomic E-state index is 0.405. The van der Waals surface area contributed by atoms with Crippen LogP contribution in [-0.2, 0) is 16.4 Å². The van der Waals surface area contributed by atoms with E-state index in [1.165, 1.54) is 0 Å². The fourth-order valence-electron chi connectivity index (χ4n) is 3.90. The molecule has 0 unspecified atom stereocenters. The van der Waals surface area contributed by atoms with Crippen LogP contribution >= 0.6 is 0 Å². The summed E-state index contributed by atoms with van der Waals surface area (Å²) in [5, 5.41) is 0. The molecule has 0 amide bonds. The highest BCUT2D eigenvalue weighted by Crippen LogP contribution is 2.33. The monoisotopic (exact) mass is 345 g/mol. The van der Waals surface area contributed by atoms with Crippen LogP contribution in [-0.4, -0.2) is 32.4 Å². The van der Waals surface area contributed by atoms with Gasteiger partial charge in [-0.1, -0.05) is 24.3 Å². The van der Waals surface area contributed by atoms with Crippen molar-refractivity contribution >= 4 is 10.0 Å². The summed E-state index contributed by atoms with van der Waals surface area (Å²) in [6.07, 6.45) is 12.6. The lowest BCUT2D eigenvalue weighted by Crippen LogP contribution is -2.39. The molecule has 1 aromatic rings. The van der Waals surface area contributed by atoms with Crippen LogP contribution in [0.3, 0.4) is 0 Å². The molecule has 0 aromatic heterocycles. The zero-order valence-corrected chi connectivity index (χ0v) is 14.5. The third-order valence-electron chi connectivity index (χ3n) is 5.33. The SMILES string of the molecule is O=S(=O)(c1ccc2c(c1)CCO2)N1CCC(C2C=CCC=C2)CC1. The summed E-state index contributed by atoms with van der Waals surface area (Å²) in [7, 11) is -3.40. The smallest absolute Gasteiger partial charge is 0.243 e. The number of ether oxygens (including phenoxy) is 1. The van der Waals surface area contributed by atoms with Crippen molar-refractivity contribution in [1.29, 1.82) is 0 Å². The number of rotatable bonds is 3. The Bertz CT molecular complexity index is 762.